The minimum atomic E-state index is 1.05. The van der Waals surface area contributed by atoms with Gasteiger partial charge in [0.25, 0.3) is 0 Å². The first-order valence-electron chi connectivity index (χ1n) is 8.60. The van der Waals surface area contributed by atoms with Crippen LogP contribution in [0.15, 0.2) is 55.0 Å². The van der Waals surface area contributed by atoms with Crippen LogP contribution >= 0.6 is 0 Å². The molecule has 0 spiro atoms. The van der Waals surface area contributed by atoms with Gasteiger partial charge in [0.2, 0.25) is 0 Å². The fourth-order valence-corrected chi connectivity index (χ4v) is 5.14. The summed E-state index contributed by atoms with van der Waals surface area (Å²) in [6, 6.07) is 13.3. The van der Waals surface area contributed by atoms with Gasteiger partial charge < -0.3 is 13.7 Å². The van der Waals surface area contributed by atoms with E-state index in [4.69, 9.17) is 0 Å². The van der Waals surface area contributed by atoms with Gasteiger partial charge in [0.1, 0.15) is 0 Å². The van der Waals surface area contributed by atoms with Crippen LogP contribution in [0.3, 0.4) is 0 Å². The number of aromatic nitrogens is 3. The van der Waals surface area contributed by atoms with Crippen LogP contribution in [-0.4, -0.2) is 13.7 Å². The molecule has 114 valence electrons. The average Bonchev–Trinajstić information content (AvgIpc) is 3.32. The molecule has 0 saturated carbocycles. The Balaban J connectivity index is 1.69. The lowest BCUT2D eigenvalue weighted by Gasteiger charge is -2.17. The second-order valence-electron chi connectivity index (χ2n) is 7.12. The molecule has 6 heterocycles. The van der Waals surface area contributed by atoms with Gasteiger partial charge in [0, 0.05) is 71.6 Å². The molecule has 3 aromatic heterocycles. The Morgan fingerprint density at radius 3 is 1.17 bits per heavy atom. The summed E-state index contributed by atoms with van der Waals surface area (Å²) in [7, 11) is 0. The highest BCUT2D eigenvalue weighted by atomic mass is 15.1. The summed E-state index contributed by atoms with van der Waals surface area (Å²) in [5.41, 5.74) is 13.1. The Morgan fingerprint density at radius 2 is 0.833 bits per heavy atom. The van der Waals surface area contributed by atoms with Gasteiger partial charge in [0.05, 0.1) is 17.1 Å². The molecule has 24 heavy (non-hydrogen) atoms. The second-order valence-corrected chi connectivity index (χ2v) is 7.12. The Morgan fingerprint density at radius 1 is 0.500 bits per heavy atom. The second kappa shape index (κ2) is 3.59. The molecule has 4 aromatic rings. The van der Waals surface area contributed by atoms with Crippen molar-refractivity contribution >= 4 is 0 Å². The Labute approximate surface area is 139 Å². The van der Waals surface area contributed by atoms with E-state index in [1.54, 1.807) is 0 Å². The summed E-state index contributed by atoms with van der Waals surface area (Å²) < 4.78 is 7.26. The van der Waals surface area contributed by atoms with E-state index < -0.39 is 0 Å². The van der Waals surface area contributed by atoms with E-state index in [1.807, 2.05) is 0 Å². The van der Waals surface area contributed by atoms with Crippen LogP contribution in [0.25, 0.3) is 17.1 Å². The van der Waals surface area contributed by atoms with E-state index in [2.05, 4.69) is 68.7 Å². The molecular weight excluding hydrogens is 294 g/mol. The number of fused-ring (bicyclic) bond motifs is 12. The van der Waals surface area contributed by atoms with Crippen molar-refractivity contribution in [3.05, 3.63) is 88.8 Å². The van der Waals surface area contributed by atoms with Crippen molar-refractivity contribution in [3.63, 3.8) is 0 Å². The van der Waals surface area contributed by atoms with Gasteiger partial charge in [-0.15, -0.1) is 0 Å². The van der Waals surface area contributed by atoms with Gasteiger partial charge in [0.15, 0.2) is 0 Å². The van der Waals surface area contributed by atoms with Crippen molar-refractivity contribution in [2.45, 2.75) is 19.3 Å². The molecule has 0 saturated heterocycles. The third-order valence-electron chi connectivity index (χ3n) is 6.01. The predicted molar refractivity (Wildman–Crippen MR) is 92.8 cm³/mol. The van der Waals surface area contributed by atoms with Gasteiger partial charge in [-0.1, -0.05) is 0 Å². The molecule has 0 aliphatic carbocycles. The number of hydrogen-bond donors (Lipinski definition) is 0. The van der Waals surface area contributed by atoms with E-state index in [0.29, 0.717) is 0 Å². The molecule has 0 radical (unpaired) electrons. The van der Waals surface area contributed by atoms with Crippen molar-refractivity contribution in [1.82, 2.24) is 13.7 Å². The lowest BCUT2D eigenvalue weighted by Crippen LogP contribution is -2.05. The van der Waals surface area contributed by atoms with Gasteiger partial charge in [-0.3, -0.25) is 0 Å². The van der Waals surface area contributed by atoms with Gasteiger partial charge in [-0.2, -0.15) is 0 Å². The molecule has 1 aromatic carbocycles. The van der Waals surface area contributed by atoms with E-state index in [1.165, 1.54) is 50.8 Å². The summed E-state index contributed by atoms with van der Waals surface area (Å²) in [4.78, 5) is 0. The topological polar surface area (TPSA) is 14.8 Å². The molecule has 3 nitrogen and oxygen atoms in total. The summed E-state index contributed by atoms with van der Waals surface area (Å²) in [6.45, 7) is 0. The van der Waals surface area contributed by atoms with Gasteiger partial charge >= 0.3 is 0 Å². The lowest BCUT2D eigenvalue weighted by molar-refractivity contribution is 1.03. The Hall–Kier alpha value is -2.94. The van der Waals surface area contributed by atoms with Gasteiger partial charge in [-0.05, 0) is 36.4 Å². The average molecular weight is 309 g/mol. The van der Waals surface area contributed by atoms with Crippen molar-refractivity contribution < 1.29 is 0 Å². The predicted octanol–water partition coefficient (Wildman–Crippen LogP) is 3.77. The molecule has 0 N–H and O–H groups in total. The number of benzene rings is 1. The largest absolute Gasteiger partial charge is 0.320 e. The molecular formula is C21H15N3. The first-order valence-corrected chi connectivity index (χ1v) is 8.60. The van der Waals surface area contributed by atoms with E-state index in [-0.39, 0.29) is 0 Å². The van der Waals surface area contributed by atoms with E-state index in [0.717, 1.165) is 19.3 Å². The summed E-state index contributed by atoms with van der Waals surface area (Å²) in [6.07, 6.45) is 9.83. The van der Waals surface area contributed by atoms with Crippen LogP contribution in [0.4, 0.5) is 0 Å². The van der Waals surface area contributed by atoms with Crippen LogP contribution in [-0.2, 0) is 19.3 Å². The highest BCUT2D eigenvalue weighted by Crippen LogP contribution is 2.48. The first-order chi connectivity index (χ1) is 11.9. The molecule has 3 aliphatic rings. The van der Waals surface area contributed by atoms with Gasteiger partial charge in [-0.25, -0.2) is 0 Å². The van der Waals surface area contributed by atoms with E-state index in [9.17, 15) is 0 Å². The number of hydrogen-bond acceptors (Lipinski definition) is 0. The molecule has 0 amide bonds. The molecule has 7 rings (SSSR count). The van der Waals surface area contributed by atoms with Crippen molar-refractivity contribution in [2.24, 2.45) is 0 Å². The maximum Gasteiger partial charge on any atom is 0.0566 e. The quantitative estimate of drug-likeness (QED) is 0.405. The highest BCUT2D eigenvalue weighted by Gasteiger charge is 2.36. The third kappa shape index (κ3) is 1.10. The zero-order chi connectivity index (χ0) is 15.4. The monoisotopic (exact) mass is 309 g/mol. The summed E-state index contributed by atoms with van der Waals surface area (Å²) in [5.74, 6) is 0. The van der Waals surface area contributed by atoms with Crippen LogP contribution in [0, 0.1) is 0 Å². The van der Waals surface area contributed by atoms with E-state index >= 15 is 0 Å². The van der Waals surface area contributed by atoms with Crippen LogP contribution in [0.1, 0.15) is 33.8 Å². The Kier molecular flexibility index (Phi) is 1.73. The smallest absolute Gasteiger partial charge is 0.0566 e. The molecule has 0 fully saturated rings. The molecule has 0 atom stereocenters. The van der Waals surface area contributed by atoms with Crippen molar-refractivity contribution in [2.75, 3.05) is 0 Å². The fourth-order valence-electron chi connectivity index (χ4n) is 5.14. The van der Waals surface area contributed by atoms with Crippen LogP contribution in [0.5, 0.6) is 0 Å². The minimum absolute atomic E-state index is 1.05. The normalized spacial score (nSPS) is 15.0. The Bertz CT molecular complexity index is 1010. The minimum Gasteiger partial charge on any atom is -0.320 e. The fraction of sp³-hybridized carbons (Fsp3) is 0.143. The lowest BCUT2D eigenvalue weighted by atomic mass is 9.95. The molecule has 0 unspecified atom stereocenters. The number of rotatable bonds is 0. The van der Waals surface area contributed by atoms with Crippen LogP contribution in [0.2, 0.25) is 0 Å². The van der Waals surface area contributed by atoms with Crippen molar-refractivity contribution in [3.8, 4) is 17.1 Å². The zero-order valence-corrected chi connectivity index (χ0v) is 13.2. The maximum absolute atomic E-state index is 2.42. The third-order valence-corrected chi connectivity index (χ3v) is 6.01. The van der Waals surface area contributed by atoms with Crippen molar-refractivity contribution in [1.29, 1.82) is 0 Å². The summed E-state index contributed by atoms with van der Waals surface area (Å²) >= 11 is 0. The SMILES string of the molecule is c1cc2n(c1)-c1c3c(c4c(c1C2)-n1cccc1C4)-n1cccc1C3. The highest BCUT2D eigenvalue weighted by molar-refractivity contribution is 5.78. The molecule has 0 bridgehead atoms. The summed E-state index contributed by atoms with van der Waals surface area (Å²) in [5, 5.41) is 0. The first kappa shape index (κ1) is 11.6. The molecule has 3 heteroatoms. The molecule has 3 aliphatic heterocycles. The van der Waals surface area contributed by atoms with Crippen LogP contribution < -0.4 is 0 Å². The number of nitrogens with zero attached hydrogens (tertiary/aromatic N) is 3. The zero-order valence-electron chi connectivity index (χ0n) is 13.2. The standard InChI is InChI=1S/C21H15N3/c1-4-13-10-16-19(22(13)7-1)17-11-14-5-2-9-24(14)21(17)18-12-15-6-3-8-23(15)20(16)18/h1-9H,10-12H2. The maximum atomic E-state index is 2.42.